The summed E-state index contributed by atoms with van der Waals surface area (Å²) in [5.41, 5.74) is 5.83. The van der Waals surface area contributed by atoms with E-state index in [4.69, 9.17) is 4.74 Å². The summed E-state index contributed by atoms with van der Waals surface area (Å²) in [5, 5.41) is 7.28. The van der Waals surface area contributed by atoms with Crippen molar-refractivity contribution in [3.8, 4) is 17.0 Å². The highest BCUT2D eigenvalue weighted by molar-refractivity contribution is 5.63. The largest absolute Gasteiger partial charge is 0.494 e. The summed E-state index contributed by atoms with van der Waals surface area (Å²) < 4.78 is 19.2. The molecule has 1 aliphatic heterocycles. The first-order chi connectivity index (χ1) is 15.2. The number of fused-ring (bicyclic) bond motifs is 1. The van der Waals surface area contributed by atoms with Crippen LogP contribution in [0.1, 0.15) is 23.1 Å². The lowest BCUT2D eigenvalue weighted by Gasteiger charge is -2.41. The molecule has 1 N–H and O–H groups in total. The molecule has 5 nitrogen and oxygen atoms in total. The average Bonchev–Trinajstić information content (AvgIpc) is 3.27. The lowest BCUT2D eigenvalue weighted by molar-refractivity contribution is 0.0857. The van der Waals surface area contributed by atoms with E-state index in [0.717, 1.165) is 49.5 Å². The second-order valence-electron chi connectivity index (χ2n) is 8.60. The molecule has 0 spiro atoms. The first-order valence-electron chi connectivity index (χ1n) is 11.1. The van der Waals surface area contributed by atoms with Crippen LogP contribution in [-0.2, 0) is 19.4 Å². The molecule has 2 aliphatic rings. The van der Waals surface area contributed by atoms with Gasteiger partial charge in [-0.2, -0.15) is 5.10 Å². The molecular weight excluding hydrogens is 391 g/mol. The number of hydrogen-bond acceptors (Lipinski definition) is 4. The van der Waals surface area contributed by atoms with E-state index in [2.05, 4.69) is 44.3 Å². The maximum atomic E-state index is 14.2. The van der Waals surface area contributed by atoms with Gasteiger partial charge in [0.25, 0.3) is 0 Å². The van der Waals surface area contributed by atoms with E-state index in [0.29, 0.717) is 6.04 Å². The Kier molecular flexibility index (Phi) is 5.74. The zero-order valence-corrected chi connectivity index (χ0v) is 18.0. The van der Waals surface area contributed by atoms with Crippen LogP contribution >= 0.6 is 0 Å². The molecule has 2 aromatic carbocycles. The van der Waals surface area contributed by atoms with Gasteiger partial charge in [-0.15, -0.1) is 0 Å². The number of benzene rings is 2. The quantitative estimate of drug-likeness (QED) is 0.680. The van der Waals surface area contributed by atoms with Crippen LogP contribution < -0.4 is 4.74 Å². The Morgan fingerprint density at radius 2 is 1.90 bits per heavy atom. The van der Waals surface area contributed by atoms with Gasteiger partial charge in [-0.1, -0.05) is 24.3 Å². The predicted molar refractivity (Wildman–Crippen MR) is 120 cm³/mol. The van der Waals surface area contributed by atoms with Crippen molar-refractivity contribution in [3.05, 3.63) is 71.2 Å². The van der Waals surface area contributed by atoms with E-state index in [-0.39, 0.29) is 11.6 Å². The number of aromatic nitrogens is 2. The van der Waals surface area contributed by atoms with Crippen LogP contribution in [-0.4, -0.2) is 59.3 Å². The third-order valence-electron chi connectivity index (χ3n) is 6.80. The SMILES string of the molecule is COc1ccc(-c2[nH]ncc2CN2CCN([C@@H]3CCc4ccccc4C3)CC2)cc1F. The van der Waals surface area contributed by atoms with Gasteiger partial charge in [0.1, 0.15) is 0 Å². The fourth-order valence-corrected chi connectivity index (χ4v) is 5.02. The minimum atomic E-state index is -0.358. The monoisotopic (exact) mass is 420 g/mol. The number of halogens is 1. The molecule has 3 aromatic rings. The summed E-state index contributed by atoms with van der Waals surface area (Å²) in [6.07, 6.45) is 5.48. The number of nitrogens with one attached hydrogen (secondary N) is 1. The highest BCUT2D eigenvalue weighted by atomic mass is 19.1. The number of ether oxygens (including phenoxy) is 1. The number of aryl methyl sites for hydroxylation is 1. The molecule has 31 heavy (non-hydrogen) atoms. The van der Waals surface area contributed by atoms with Crippen LogP contribution in [0.25, 0.3) is 11.3 Å². The summed E-state index contributed by atoms with van der Waals surface area (Å²) in [5.74, 6) is -0.102. The molecule has 0 radical (unpaired) electrons. The van der Waals surface area contributed by atoms with E-state index in [1.807, 2.05) is 12.3 Å². The van der Waals surface area contributed by atoms with Crippen LogP contribution in [0.2, 0.25) is 0 Å². The van der Waals surface area contributed by atoms with E-state index in [1.54, 1.807) is 6.07 Å². The molecule has 1 atom stereocenters. The van der Waals surface area contributed by atoms with Crippen LogP contribution in [0, 0.1) is 5.82 Å². The molecule has 0 saturated carbocycles. The van der Waals surface area contributed by atoms with Gasteiger partial charge in [0, 0.05) is 49.9 Å². The summed E-state index contributed by atoms with van der Waals surface area (Å²) in [4.78, 5) is 5.14. The van der Waals surface area contributed by atoms with E-state index >= 15 is 0 Å². The lowest BCUT2D eigenvalue weighted by Crippen LogP contribution is -2.51. The normalized spacial score (nSPS) is 19.9. The van der Waals surface area contributed by atoms with Gasteiger partial charge in [-0.3, -0.25) is 14.9 Å². The molecule has 0 unspecified atom stereocenters. The number of piperazine rings is 1. The van der Waals surface area contributed by atoms with Crippen LogP contribution in [0.4, 0.5) is 4.39 Å². The topological polar surface area (TPSA) is 44.4 Å². The summed E-state index contributed by atoms with van der Waals surface area (Å²) in [6.45, 7) is 5.09. The first-order valence-corrected chi connectivity index (χ1v) is 11.1. The Morgan fingerprint density at radius 1 is 1.10 bits per heavy atom. The van der Waals surface area contributed by atoms with Crippen molar-refractivity contribution in [1.29, 1.82) is 0 Å². The van der Waals surface area contributed by atoms with Gasteiger partial charge in [0.2, 0.25) is 0 Å². The third-order valence-corrected chi connectivity index (χ3v) is 6.80. The molecule has 1 saturated heterocycles. The van der Waals surface area contributed by atoms with Gasteiger partial charge in [-0.25, -0.2) is 4.39 Å². The van der Waals surface area contributed by atoms with Crippen molar-refractivity contribution in [3.63, 3.8) is 0 Å². The van der Waals surface area contributed by atoms with Crippen LogP contribution in [0.5, 0.6) is 5.75 Å². The number of H-pyrrole nitrogens is 1. The van der Waals surface area contributed by atoms with Crippen LogP contribution in [0.15, 0.2) is 48.7 Å². The number of aromatic amines is 1. The molecule has 0 amide bonds. The summed E-state index contributed by atoms with van der Waals surface area (Å²) in [7, 11) is 1.48. The van der Waals surface area contributed by atoms with Crippen molar-refractivity contribution < 1.29 is 9.13 Å². The van der Waals surface area contributed by atoms with E-state index in [1.165, 1.54) is 43.6 Å². The van der Waals surface area contributed by atoms with Crippen molar-refractivity contribution in [2.24, 2.45) is 0 Å². The van der Waals surface area contributed by atoms with Gasteiger partial charge in [0.05, 0.1) is 19.0 Å². The molecule has 0 bridgehead atoms. The smallest absolute Gasteiger partial charge is 0.165 e. The number of hydrogen-bond donors (Lipinski definition) is 1. The highest BCUT2D eigenvalue weighted by Crippen LogP contribution is 2.28. The molecule has 1 aliphatic carbocycles. The van der Waals surface area contributed by atoms with Crippen molar-refractivity contribution in [2.75, 3.05) is 33.3 Å². The first kappa shape index (κ1) is 20.2. The maximum absolute atomic E-state index is 14.2. The number of rotatable bonds is 5. The average molecular weight is 421 g/mol. The van der Waals surface area contributed by atoms with Gasteiger partial charge in [0.15, 0.2) is 11.6 Å². The fourth-order valence-electron chi connectivity index (χ4n) is 5.02. The second kappa shape index (κ2) is 8.81. The molecule has 5 rings (SSSR count). The molecule has 1 fully saturated rings. The number of nitrogens with zero attached hydrogens (tertiary/aromatic N) is 3. The van der Waals surface area contributed by atoms with Crippen molar-refractivity contribution >= 4 is 0 Å². The standard InChI is InChI=1S/C25H29FN4O/c1-31-24-9-7-20(15-23(24)26)25-21(16-27-28-25)17-29-10-12-30(13-11-29)22-8-6-18-4-2-3-5-19(18)14-22/h2-5,7,9,15-16,22H,6,8,10-14,17H2,1H3,(H,27,28)/t22-/m1/s1. The van der Waals surface area contributed by atoms with Gasteiger partial charge < -0.3 is 4.74 Å². The Bertz CT molecular complexity index is 1040. The molecule has 1 aromatic heterocycles. The highest BCUT2D eigenvalue weighted by Gasteiger charge is 2.27. The molecule has 6 heteroatoms. The van der Waals surface area contributed by atoms with E-state index in [9.17, 15) is 4.39 Å². The number of methoxy groups -OCH3 is 1. The second-order valence-corrected chi connectivity index (χ2v) is 8.60. The predicted octanol–water partition coefficient (Wildman–Crippen LogP) is 3.90. The van der Waals surface area contributed by atoms with E-state index < -0.39 is 0 Å². The Balaban J connectivity index is 1.20. The Hall–Kier alpha value is -2.70. The molecule has 2 heterocycles. The van der Waals surface area contributed by atoms with Crippen molar-refractivity contribution in [2.45, 2.75) is 31.8 Å². The Morgan fingerprint density at radius 3 is 2.68 bits per heavy atom. The van der Waals surface area contributed by atoms with Gasteiger partial charge in [-0.05, 0) is 48.6 Å². The summed E-state index contributed by atoms with van der Waals surface area (Å²) >= 11 is 0. The molecule has 162 valence electrons. The Labute approximate surface area is 182 Å². The summed E-state index contributed by atoms with van der Waals surface area (Å²) in [6, 6.07) is 14.6. The van der Waals surface area contributed by atoms with Crippen LogP contribution in [0.3, 0.4) is 0 Å². The zero-order valence-electron chi connectivity index (χ0n) is 18.0. The maximum Gasteiger partial charge on any atom is 0.165 e. The molecular formula is C25H29FN4O. The third kappa shape index (κ3) is 4.23. The zero-order chi connectivity index (χ0) is 21.2. The fraction of sp³-hybridized carbons (Fsp3) is 0.400. The van der Waals surface area contributed by atoms with Crippen molar-refractivity contribution in [1.82, 2.24) is 20.0 Å². The van der Waals surface area contributed by atoms with Gasteiger partial charge >= 0.3 is 0 Å². The minimum Gasteiger partial charge on any atom is -0.494 e. The lowest BCUT2D eigenvalue weighted by atomic mass is 9.87. The minimum absolute atomic E-state index is 0.256.